The maximum atomic E-state index is 11.9. The van der Waals surface area contributed by atoms with Crippen LogP contribution in [0, 0.1) is 11.3 Å². The molecule has 1 aromatic carbocycles. The molecule has 0 N–H and O–H groups in total. The molecule has 0 saturated heterocycles. The van der Waals surface area contributed by atoms with Gasteiger partial charge in [0.15, 0.2) is 6.10 Å². The van der Waals surface area contributed by atoms with Crippen LogP contribution in [0.25, 0.3) is 5.69 Å². The molecule has 0 radical (unpaired) electrons. The first-order chi connectivity index (χ1) is 9.24. The Kier molecular flexibility index (Phi) is 3.83. The number of carbonyl (C=O) groups excluding carboxylic acids is 1. The monoisotopic (exact) mass is 257 g/mol. The fraction of sp³-hybridized carbons (Fsp3) is 0.250. The van der Waals surface area contributed by atoms with E-state index in [2.05, 4.69) is 15.5 Å². The van der Waals surface area contributed by atoms with E-state index in [4.69, 9.17) is 10.00 Å². The molecule has 0 saturated carbocycles. The molecular weight excluding hydrogens is 246 g/mol. The van der Waals surface area contributed by atoms with Gasteiger partial charge in [-0.1, -0.05) is 13.0 Å². The molecule has 0 unspecified atom stereocenters. The van der Waals surface area contributed by atoms with Crippen LogP contribution in [0.4, 0.5) is 0 Å². The van der Waals surface area contributed by atoms with Crippen molar-refractivity contribution in [2.45, 2.75) is 19.4 Å². The lowest BCUT2D eigenvalue weighted by atomic mass is 10.2. The molecule has 0 aliphatic carbocycles. The van der Waals surface area contributed by atoms with Crippen LogP contribution in [0.2, 0.25) is 0 Å². The smallest absolute Gasteiger partial charge is 0.339 e. The summed E-state index contributed by atoms with van der Waals surface area (Å²) in [6.07, 6.45) is 1.15. The minimum atomic E-state index is -0.732. The standard InChI is InChI=1S/C12H11N5O2/c1-2-11(7-13)19-12(18)9-4-3-5-10(6-9)17-8-14-15-16-17/h3-6,8,11H,2H2,1H3/t11-/m1/s1. The molecule has 1 heterocycles. The van der Waals surface area contributed by atoms with Crippen molar-refractivity contribution in [1.29, 1.82) is 5.26 Å². The first-order valence-electron chi connectivity index (χ1n) is 5.68. The van der Waals surface area contributed by atoms with E-state index in [1.807, 2.05) is 6.07 Å². The number of ether oxygens (including phenoxy) is 1. The van der Waals surface area contributed by atoms with Crippen LogP contribution in [-0.4, -0.2) is 32.3 Å². The lowest BCUT2D eigenvalue weighted by Crippen LogP contribution is -2.15. The van der Waals surface area contributed by atoms with Gasteiger partial charge in [0, 0.05) is 0 Å². The van der Waals surface area contributed by atoms with Gasteiger partial charge in [-0.2, -0.15) is 5.26 Å². The van der Waals surface area contributed by atoms with Crippen molar-refractivity contribution < 1.29 is 9.53 Å². The van der Waals surface area contributed by atoms with Gasteiger partial charge in [-0.05, 0) is 35.0 Å². The second-order valence-electron chi connectivity index (χ2n) is 3.74. The average molecular weight is 257 g/mol. The van der Waals surface area contributed by atoms with E-state index >= 15 is 0 Å². The van der Waals surface area contributed by atoms with Crippen molar-refractivity contribution >= 4 is 5.97 Å². The number of hydrogen-bond donors (Lipinski definition) is 0. The maximum Gasteiger partial charge on any atom is 0.339 e. The normalized spacial score (nSPS) is 11.6. The molecule has 7 heteroatoms. The van der Waals surface area contributed by atoms with E-state index < -0.39 is 12.1 Å². The third-order valence-electron chi connectivity index (χ3n) is 2.46. The van der Waals surface area contributed by atoms with Crippen LogP contribution >= 0.6 is 0 Å². The number of aromatic nitrogens is 4. The van der Waals surface area contributed by atoms with E-state index in [1.165, 1.54) is 11.0 Å². The molecule has 0 spiro atoms. The van der Waals surface area contributed by atoms with Gasteiger partial charge in [0.25, 0.3) is 0 Å². The molecule has 0 bridgehead atoms. The predicted molar refractivity (Wildman–Crippen MR) is 64.3 cm³/mol. The molecule has 0 fully saturated rings. The molecule has 96 valence electrons. The molecule has 0 amide bonds. The number of nitriles is 1. The third kappa shape index (κ3) is 2.93. The number of esters is 1. The molecule has 0 aliphatic heterocycles. The molecule has 2 aromatic rings. The maximum absolute atomic E-state index is 11.9. The lowest BCUT2D eigenvalue weighted by molar-refractivity contribution is 0.0401. The van der Waals surface area contributed by atoms with Crippen LogP contribution < -0.4 is 0 Å². The Balaban J connectivity index is 2.20. The van der Waals surface area contributed by atoms with Crippen molar-refractivity contribution in [1.82, 2.24) is 20.2 Å². The Hall–Kier alpha value is -2.75. The number of benzene rings is 1. The number of rotatable bonds is 4. The van der Waals surface area contributed by atoms with Gasteiger partial charge in [0.05, 0.1) is 11.3 Å². The van der Waals surface area contributed by atoms with Gasteiger partial charge in [-0.3, -0.25) is 0 Å². The van der Waals surface area contributed by atoms with Crippen molar-refractivity contribution in [3.8, 4) is 11.8 Å². The lowest BCUT2D eigenvalue weighted by Gasteiger charge is -2.09. The van der Waals surface area contributed by atoms with Gasteiger partial charge in [0.2, 0.25) is 0 Å². The van der Waals surface area contributed by atoms with Gasteiger partial charge in [-0.15, -0.1) is 5.10 Å². The predicted octanol–water partition coefficient (Wildman–Crippen LogP) is 1.12. The van der Waals surface area contributed by atoms with E-state index in [1.54, 1.807) is 31.2 Å². The van der Waals surface area contributed by atoms with Crippen LogP contribution in [0.3, 0.4) is 0 Å². The van der Waals surface area contributed by atoms with Gasteiger partial charge >= 0.3 is 5.97 Å². The summed E-state index contributed by atoms with van der Waals surface area (Å²) in [5.74, 6) is -0.539. The third-order valence-corrected chi connectivity index (χ3v) is 2.46. The summed E-state index contributed by atoms with van der Waals surface area (Å²) in [5.41, 5.74) is 0.992. The van der Waals surface area contributed by atoms with Crippen molar-refractivity contribution in [3.63, 3.8) is 0 Å². The molecular formula is C12H11N5O2. The minimum Gasteiger partial charge on any atom is -0.443 e. The summed E-state index contributed by atoms with van der Waals surface area (Å²) < 4.78 is 6.48. The van der Waals surface area contributed by atoms with Crippen molar-refractivity contribution in [2.24, 2.45) is 0 Å². The fourth-order valence-corrected chi connectivity index (χ4v) is 1.45. The minimum absolute atomic E-state index is 0.349. The number of carbonyl (C=O) groups is 1. The SMILES string of the molecule is CC[C@H](C#N)OC(=O)c1cccc(-n2cnnn2)c1. The number of hydrogen-bond acceptors (Lipinski definition) is 6. The Labute approximate surface area is 109 Å². The zero-order chi connectivity index (χ0) is 13.7. The molecule has 2 rings (SSSR count). The molecule has 1 atom stereocenters. The molecule has 0 aliphatic rings. The quantitative estimate of drug-likeness (QED) is 0.762. The largest absolute Gasteiger partial charge is 0.443 e. The van der Waals surface area contributed by atoms with Gasteiger partial charge in [-0.25, -0.2) is 9.48 Å². The Morgan fingerprint density at radius 3 is 3.05 bits per heavy atom. The summed E-state index contributed by atoms with van der Waals surface area (Å²) in [7, 11) is 0. The highest BCUT2D eigenvalue weighted by Crippen LogP contribution is 2.11. The topological polar surface area (TPSA) is 93.7 Å². The molecule has 1 aromatic heterocycles. The Morgan fingerprint density at radius 1 is 1.58 bits per heavy atom. The Morgan fingerprint density at radius 2 is 2.42 bits per heavy atom. The van der Waals surface area contributed by atoms with Gasteiger partial charge in [0.1, 0.15) is 12.4 Å². The average Bonchev–Trinajstić information content (AvgIpc) is 2.99. The summed E-state index contributed by atoms with van der Waals surface area (Å²) in [6, 6.07) is 8.58. The van der Waals surface area contributed by atoms with Gasteiger partial charge < -0.3 is 4.74 Å². The zero-order valence-electron chi connectivity index (χ0n) is 10.2. The van der Waals surface area contributed by atoms with E-state index in [-0.39, 0.29) is 0 Å². The van der Waals surface area contributed by atoms with E-state index in [9.17, 15) is 4.79 Å². The highest BCUT2D eigenvalue weighted by Gasteiger charge is 2.14. The van der Waals surface area contributed by atoms with E-state index in [0.29, 0.717) is 17.7 Å². The van der Waals surface area contributed by atoms with E-state index in [0.717, 1.165) is 0 Å². The van der Waals surface area contributed by atoms with Crippen molar-refractivity contribution in [2.75, 3.05) is 0 Å². The number of tetrazole rings is 1. The second kappa shape index (κ2) is 5.73. The first-order valence-corrected chi connectivity index (χ1v) is 5.68. The zero-order valence-corrected chi connectivity index (χ0v) is 10.2. The van der Waals surface area contributed by atoms with Crippen LogP contribution in [0.1, 0.15) is 23.7 Å². The number of nitrogens with zero attached hydrogens (tertiary/aromatic N) is 5. The first kappa shape index (κ1) is 12.7. The Bertz CT molecular complexity index is 603. The van der Waals surface area contributed by atoms with Crippen LogP contribution in [0.15, 0.2) is 30.6 Å². The highest BCUT2D eigenvalue weighted by atomic mass is 16.5. The fourth-order valence-electron chi connectivity index (χ4n) is 1.45. The summed E-state index contributed by atoms with van der Waals surface area (Å²) in [5, 5.41) is 19.5. The van der Waals surface area contributed by atoms with Crippen LogP contribution in [0.5, 0.6) is 0 Å². The molecule has 19 heavy (non-hydrogen) atoms. The summed E-state index contributed by atoms with van der Waals surface area (Å²) in [4.78, 5) is 11.9. The summed E-state index contributed by atoms with van der Waals surface area (Å²) in [6.45, 7) is 1.78. The van der Waals surface area contributed by atoms with Crippen LogP contribution in [-0.2, 0) is 4.74 Å². The second-order valence-corrected chi connectivity index (χ2v) is 3.74. The summed E-state index contributed by atoms with van der Waals surface area (Å²) >= 11 is 0. The molecule has 7 nitrogen and oxygen atoms in total. The van der Waals surface area contributed by atoms with Crippen molar-refractivity contribution in [3.05, 3.63) is 36.2 Å². The highest BCUT2D eigenvalue weighted by molar-refractivity contribution is 5.90.